The standard InChI is InChI=1S/C30H28N4O6/c1-31-26(35)25(21-12-6-3-7-13-21)33-17-16-32(30(39)40-19-20-10-4-2-5-11-20)18-24(29(33)38)34-27(36)22-14-8-9-15-23(22)28(34)37/h2-15,24-25H,16-19H2,1H3,(H,31,35)/t24-,25?/m0/s1. The van der Waals surface area contributed by atoms with Gasteiger partial charge in [-0.3, -0.25) is 24.1 Å². The molecule has 2 aliphatic rings. The zero-order chi connectivity index (χ0) is 28.2. The SMILES string of the molecule is CNC(=O)C(c1ccccc1)N1CCN(C(=O)OCc2ccccc2)C[C@H](N2C(=O)c3ccccc3C2=O)C1=O. The molecular weight excluding hydrogens is 512 g/mol. The minimum absolute atomic E-state index is 0.0103. The number of amides is 5. The molecule has 2 aliphatic heterocycles. The van der Waals surface area contributed by atoms with E-state index < -0.39 is 41.8 Å². The van der Waals surface area contributed by atoms with Crippen LogP contribution in [0.5, 0.6) is 0 Å². The van der Waals surface area contributed by atoms with Crippen molar-refractivity contribution < 1.29 is 28.7 Å². The predicted molar refractivity (Wildman–Crippen MR) is 144 cm³/mol. The lowest BCUT2D eigenvalue weighted by molar-refractivity contribution is -0.142. The molecule has 0 aliphatic carbocycles. The molecule has 0 saturated carbocycles. The summed E-state index contributed by atoms with van der Waals surface area (Å²) in [5, 5.41) is 2.60. The molecule has 5 amide bonds. The molecule has 3 aromatic carbocycles. The van der Waals surface area contributed by atoms with E-state index in [1.807, 2.05) is 30.3 Å². The molecule has 5 rings (SSSR count). The summed E-state index contributed by atoms with van der Waals surface area (Å²) in [7, 11) is 1.47. The van der Waals surface area contributed by atoms with E-state index in [9.17, 15) is 24.0 Å². The van der Waals surface area contributed by atoms with Gasteiger partial charge in [0.15, 0.2) is 0 Å². The molecular formula is C30H28N4O6. The monoisotopic (exact) mass is 540 g/mol. The Morgan fingerprint density at radius 3 is 2.02 bits per heavy atom. The van der Waals surface area contributed by atoms with Crippen LogP contribution < -0.4 is 5.32 Å². The van der Waals surface area contributed by atoms with Crippen molar-refractivity contribution in [2.24, 2.45) is 0 Å². The van der Waals surface area contributed by atoms with Crippen molar-refractivity contribution in [2.75, 3.05) is 26.7 Å². The van der Waals surface area contributed by atoms with E-state index in [1.165, 1.54) is 29.0 Å². The molecule has 1 N–H and O–H groups in total. The average Bonchev–Trinajstić information content (AvgIpc) is 3.13. The lowest BCUT2D eigenvalue weighted by Gasteiger charge is -2.33. The fraction of sp³-hybridized carbons (Fsp3) is 0.233. The van der Waals surface area contributed by atoms with E-state index >= 15 is 0 Å². The minimum Gasteiger partial charge on any atom is -0.445 e. The molecule has 0 radical (unpaired) electrons. The van der Waals surface area contributed by atoms with Crippen LogP contribution in [-0.4, -0.2) is 77.1 Å². The molecule has 0 aromatic heterocycles. The van der Waals surface area contributed by atoms with E-state index in [0.29, 0.717) is 5.56 Å². The maximum Gasteiger partial charge on any atom is 0.410 e. The van der Waals surface area contributed by atoms with Gasteiger partial charge in [0.05, 0.1) is 17.7 Å². The van der Waals surface area contributed by atoms with Gasteiger partial charge in [-0.15, -0.1) is 0 Å². The largest absolute Gasteiger partial charge is 0.445 e. The molecule has 1 unspecified atom stereocenters. The van der Waals surface area contributed by atoms with Crippen LogP contribution in [0.15, 0.2) is 84.9 Å². The number of likely N-dealkylation sites (N-methyl/N-ethyl adjacent to an activating group) is 1. The summed E-state index contributed by atoms with van der Waals surface area (Å²) in [6.07, 6.45) is -0.698. The Hall–Kier alpha value is -4.99. The van der Waals surface area contributed by atoms with Gasteiger partial charge in [-0.1, -0.05) is 72.8 Å². The highest BCUT2D eigenvalue weighted by atomic mass is 16.6. The summed E-state index contributed by atoms with van der Waals surface area (Å²) >= 11 is 0. The number of ether oxygens (including phenoxy) is 1. The Morgan fingerprint density at radius 2 is 1.43 bits per heavy atom. The summed E-state index contributed by atoms with van der Waals surface area (Å²) in [5.41, 5.74) is 1.70. The van der Waals surface area contributed by atoms with Crippen molar-refractivity contribution in [2.45, 2.75) is 18.7 Å². The summed E-state index contributed by atoms with van der Waals surface area (Å²) in [6.45, 7) is -0.259. The maximum absolute atomic E-state index is 14.2. The summed E-state index contributed by atoms with van der Waals surface area (Å²) in [4.78, 5) is 70.9. The van der Waals surface area contributed by atoms with Crippen LogP contribution in [0.2, 0.25) is 0 Å². The third kappa shape index (κ3) is 5.03. The molecule has 10 nitrogen and oxygen atoms in total. The van der Waals surface area contributed by atoms with Crippen LogP contribution in [0, 0.1) is 0 Å². The number of nitrogens with one attached hydrogen (secondary N) is 1. The Bertz CT molecular complexity index is 1410. The Balaban J connectivity index is 1.50. The first-order chi connectivity index (χ1) is 19.4. The maximum atomic E-state index is 14.2. The van der Waals surface area contributed by atoms with Gasteiger partial charge in [-0.05, 0) is 23.3 Å². The number of hydrogen-bond acceptors (Lipinski definition) is 6. The van der Waals surface area contributed by atoms with Crippen molar-refractivity contribution in [3.05, 3.63) is 107 Å². The number of benzene rings is 3. The summed E-state index contributed by atoms with van der Waals surface area (Å²) in [5.74, 6) is -2.32. The fourth-order valence-electron chi connectivity index (χ4n) is 5.07. The normalized spacial score (nSPS) is 17.8. The lowest BCUT2D eigenvalue weighted by Crippen LogP contribution is -2.55. The highest BCUT2D eigenvalue weighted by Gasteiger charge is 2.48. The Kier molecular flexibility index (Phi) is 7.59. The van der Waals surface area contributed by atoms with E-state index in [2.05, 4.69) is 5.32 Å². The quantitative estimate of drug-likeness (QED) is 0.481. The smallest absolute Gasteiger partial charge is 0.410 e. The number of carbonyl (C=O) groups is 5. The van der Waals surface area contributed by atoms with Crippen molar-refractivity contribution in [1.82, 2.24) is 20.0 Å². The second kappa shape index (κ2) is 11.4. The van der Waals surface area contributed by atoms with E-state index in [-0.39, 0.29) is 37.4 Å². The predicted octanol–water partition coefficient (Wildman–Crippen LogP) is 2.62. The molecule has 1 saturated heterocycles. The van der Waals surface area contributed by atoms with E-state index in [4.69, 9.17) is 4.74 Å². The molecule has 3 aromatic rings. The molecule has 204 valence electrons. The molecule has 0 bridgehead atoms. The van der Waals surface area contributed by atoms with Crippen LogP contribution in [-0.2, 0) is 20.9 Å². The third-order valence-electron chi connectivity index (χ3n) is 7.09. The summed E-state index contributed by atoms with van der Waals surface area (Å²) in [6, 6.07) is 21.8. The topological polar surface area (TPSA) is 116 Å². The second-order valence-corrected chi connectivity index (χ2v) is 9.49. The molecule has 40 heavy (non-hydrogen) atoms. The van der Waals surface area contributed by atoms with Crippen molar-refractivity contribution in [3.63, 3.8) is 0 Å². The van der Waals surface area contributed by atoms with Crippen molar-refractivity contribution in [1.29, 1.82) is 0 Å². The summed E-state index contributed by atoms with van der Waals surface area (Å²) < 4.78 is 5.52. The number of hydrogen-bond donors (Lipinski definition) is 1. The Morgan fingerprint density at radius 1 is 0.850 bits per heavy atom. The molecule has 2 heterocycles. The zero-order valence-corrected chi connectivity index (χ0v) is 21.9. The van der Waals surface area contributed by atoms with Gasteiger partial charge in [0.25, 0.3) is 11.8 Å². The number of fused-ring (bicyclic) bond motifs is 1. The van der Waals surface area contributed by atoms with Gasteiger partial charge in [-0.25, -0.2) is 4.79 Å². The first kappa shape index (κ1) is 26.6. The van der Waals surface area contributed by atoms with Crippen LogP contribution in [0.25, 0.3) is 0 Å². The van der Waals surface area contributed by atoms with E-state index in [1.54, 1.807) is 42.5 Å². The highest BCUT2D eigenvalue weighted by molar-refractivity contribution is 6.23. The van der Waals surface area contributed by atoms with Crippen LogP contribution >= 0.6 is 0 Å². The van der Waals surface area contributed by atoms with Crippen LogP contribution in [0.1, 0.15) is 37.9 Å². The van der Waals surface area contributed by atoms with Crippen molar-refractivity contribution >= 4 is 29.7 Å². The van der Waals surface area contributed by atoms with Gasteiger partial charge >= 0.3 is 6.09 Å². The van der Waals surface area contributed by atoms with Crippen LogP contribution in [0.3, 0.4) is 0 Å². The Labute approximate surface area is 231 Å². The zero-order valence-electron chi connectivity index (χ0n) is 21.9. The third-order valence-corrected chi connectivity index (χ3v) is 7.09. The molecule has 1 fully saturated rings. The highest BCUT2D eigenvalue weighted by Crippen LogP contribution is 2.30. The first-order valence-electron chi connectivity index (χ1n) is 12.9. The van der Waals surface area contributed by atoms with Gasteiger partial charge in [-0.2, -0.15) is 0 Å². The number of nitrogens with zero attached hydrogens (tertiary/aromatic N) is 3. The van der Waals surface area contributed by atoms with Gasteiger partial charge in [0.1, 0.15) is 18.7 Å². The van der Waals surface area contributed by atoms with Gasteiger partial charge in [0.2, 0.25) is 11.8 Å². The molecule has 0 spiro atoms. The fourth-order valence-corrected chi connectivity index (χ4v) is 5.07. The molecule has 2 atom stereocenters. The lowest BCUT2D eigenvalue weighted by atomic mass is 10.0. The minimum atomic E-state index is -1.37. The number of rotatable bonds is 6. The molecule has 10 heteroatoms. The van der Waals surface area contributed by atoms with Gasteiger partial charge < -0.3 is 19.9 Å². The number of carbonyl (C=O) groups excluding carboxylic acids is 5. The van der Waals surface area contributed by atoms with E-state index in [0.717, 1.165) is 10.5 Å². The first-order valence-corrected chi connectivity index (χ1v) is 12.9. The average molecular weight is 541 g/mol. The number of imide groups is 1. The van der Waals surface area contributed by atoms with Gasteiger partial charge in [0, 0.05) is 20.1 Å². The second-order valence-electron chi connectivity index (χ2n) is 9.49. The van der Waals surface area contributed by atoms with Crippen LogP contribution in [0.4, 0.5) is 4.79 Å². The van der Waals surface area contributed by atoms with Crippen molar-refractivity contribution in [3.8, 4) is 0 Å².